The summed E-state index contributed by atoms with van der Waals surface area (Å²) in [4.78, 5) is 14.7. The van der Waals surface area contributed by atoms with E-state index in [4.69, 9.17) is 0 Å². The van der Waals surface area contributed by atoms with E-state index in [1.54, 1.807) is 6.07 Å². The van der Waals surface area contributed by atoms with Gasteiger partial charge in [-0.2, -0.15) is 9.37 Å². The van der Waals surface area contributed by atoms with E-state index in [9.17, 15) is 13.2 Å². The van der Waals surface area contributed by atoms with Crippen LogP contribution >= 0.6 is 0 Å². The quantitative estimate of drug-likeness (QED) is 0.804. The highest BCUT2D eigenvalue weighted by Gasteiger charge is 2.23. The van der Waals surface area contributed by atoms with Gasteiger partial charge in [-0.1, -0.05) is 13.8 Å². The molecule has 0 aromatic carbocycles. The highest BCUT2D eigenvalue weighted by atomic mass is 19.2. The summed E-state index contributed by atoms with van der Waals surface area (Å²) in [5, 5.41) is 2.71. The van der Waals surface area contributed by atoms with Gasteiger partial charge in [0.2, 0.25) is 0 Å². The second-order valence-electron chi connectivity index (χ2n) is 7.42. The fraction of sp³-hybridized carbons (Fsp3) is 0.526. The third kappa shape index (κ3) is 4.21. The lowest BCUT2D eigenvalue weighted by molar-refractivity contribution is 0.248. The Balaban J connectivity index is 1.98. The second kappa shape index (κ2) is 7.80. The Kier molecular flexibility index (Phi) is 5.64. The Hall–Kier alpha value is -2.22. The van der Waals surface area contributed by atoms with Crippen LogP contribution in [0.4, 0.5) is 24.8 Å². The third-order valence-electron chi connectivity index (χ3n) is 4.83. The van der Waals surface area contributed by atoms with Crippen LogP contribution in [0.25, 0.3) is 0 Å². The molecule has 1 unspecified atom stereocenters. The Morgan fingerprint density at radius 3 is 2.56 bits per heavy atom. The van der Waals surface area contributed by atoms with Gasteiger partial charge in [0.05, 0.1) is 5.69 Å². The van der Waals surface area contributed by atoms with Gasteiger partial charge in [-0.05, 0) is 33.4 Å². The molecule has 3 rings (SSSR count). The number of rotatable bonds is 4. The van der Waals surface area contributed by atoms with E-state index in [2.05, 4.69) is 32.2 Å². The molecule has 8 heteroatoms. The van der Waals surface area contributed by atoms with Crippen LogP contribution < -0.4 is 5.32 Å². The maximum atomic E-state index is 14.3. The van der Waals surface area contributed by atoms with Gasteiger partial charge < -0.3 is 10.2 Å². The van der Waals surface area contributed by atoms with Crippen LogP contribution in [0.15, 0.2) is 6.07 Å². The average Bonchev–Trinajstić information content (AvgIpc) is 2.64. The molecule has 1 saturated heterocycles. The predicted molar refractivity (Wildman–Crippen MR) is 97.7 cm³/mol. The van der Waals surface area contributed by atoms with Crippen molar-refractivity contribution in [1.82, 2.24) is 19.9 Å². The number of nitrogens with zero attached hydrogens (tertiary/aromatic N) is 4. The number of aromatic nitrogens is 3. The number of nitrogens with one attached hydrogen (secondary N) is 1. The van der Waals surface area contributed by atoms with Gasteiger partial charge in [-0.15, -0.1) is 0 Å². The topological polar surface area (TPSA) is 53.9 Å². The predicted octanol–water partition coefficient (Wildman–Crippen LogP) is 4.27. The Bertz CT molecular complexity index is 841. The summed E-state index contributed by atoms with van der Waals surface area (Å²) in [5.41, 5.74) is 0.444. The summed E-state index contributed by atoms with van der Waals surface area (Å²) >= 11 is 0. The van der Waals surface area contributed by atoms with Crippen LogP contribution in [-0.4, -0.2) is 40.0 Å². The Morgan fingerprint density at radius 1 is 1.15 bits per heavy atom. The number of hydrogen-bond acceptors (Lipinski definition) is 5. The fourth-order valence-electron chi connectivity index (χ4n) is 3.25. The summed E-state index contributed by atoms with van der Waals surface area (Å²) in [6.07, 6.45) is 2.08. The zero-order valence-electron chi connectivity index (χ0n) is 16.0. The van der Waals surface area contributed by atoms with Crippen LogP contribution in [0, 0.1) is 24.5 Å². The monoisotopic (exact) mass is 379 g/mol. The minimum Gasteiger partial charge on any atom is -0.322 e. The highest BCUT2D eigenvalue weighted by Crippen LogP contribution is 2.29. The van der Waals surface area contributed by atoms with E-state index in [1.165, 1.54) is 6.92 Å². The number of anilines is 2. The van der Waals surface area contributed by atoms with Crippen molar-refractivity contribution in [2.75, 3.05) is 25.5 Å². The first-order valence-electron chi connectivity index (χ1n) is 9.11. The van der Waals surface area contributed by atoms with Crippen LogP contribution in [-0.2, 0) is 0 Å². The van der Waals surface area contributed by atoms with E-state index in [0.29, 0.717) is 11.6 Å². The molecule has 2 aromatic rings. The van der Waals surface area contributed by atoms with Crippen molar-refractivity contribution < 1.29 is 13.2 Å². The molecule has 5 nitrogen and oxygen atoms in total. The van der Waals surface area contributed by atoms with Gasteiger partial charge in [0.25, 0.3) is 5.95 Å². The van der Waals surface area contributed by atoms with Crippen molar-refractivity contribution in [2.24, 2.45) is 0 Å². The maximum Gasteiger partial charge on any atom is 0.251 e. The average molecular weight is 379 g/mol. The fourth-order valence-corrected chi connectivity index (χ4v) is 3.25. The molecule has 1 aliphatic heterocycles. The van der Waals surface area contributed by atoms with Crippen LogP contribution in [0.2, 0.25) is 0 Å². The molecule has 1 N–H and O–H groups in total. The van der Waals surface area contributed by atoms with Gasteiger partial charge in [-0.25, -0.2) is 18.7 Å². The molecule has 0 spiro atoms. The lowest BCUT2D eigenvalue weighted by Gasteiger charge is -2.29. The van der Waals surface area contributed by atoms with Gasteiger partial charge in [0, 0.05) is 30.0 Å². The molecule has 27 heavy (non-hydrogen) atoms. The summed E-state index contributed by atoms with van der Waals surface area (Å²) in [7, 11) is 2.07. The van der Waals surface area contributed by atoms with Crippen molar-refractivity contribution in [3.05, 3.63) is 40.7 Å². The molecule has 146 valence electrons. The number of hydrogen-bond donors (Lipinski definition) is 1. The van der Waals surface area contributed by atoms with Crippen molar-refractivity contribution >= 4 is 11.6 Å². The largest absolute Gasteiger partial charge is 0.322 e. The molecule has 1 aliphatic rings. The zero-order chi connectivity index (χ0) is 19.7. The summed E-state index contributed by atoms with van der Waals surface area (Å²) in [6, 6.07) is 1.74. The first kappa shape index (κ1) is 19.5. The normalized spacial score (nSPS) is 18.1. The summed E-state index contributed by atoms with van der Waals surface area (Å²) in [6.45, 7) is 7.04. The van der Waals surface area contributed by atoms with Crippen LogP contribution in [0.5, 0.6) is 0 Å². The van der Waals surface area contributed by atoms with E-state index < -0.39 is 23.1 Å². The maximum absolute atomic E-state index is 14.3. The standard InChI is InChI=1S/C19H24F3N5/c1-10(2)18-23-13(12-6-5-7-27(4)9-12)8-14(24-18)25-19-16(21)11(3)15(20)17(22)26-19/h8,10,12H,5-7,9H2,1-4H3,(H,23,24,25,26). The Morgan fingerprint density at radius 2 is 1.89 bits per heavy atom. The molecular weight excluding hydrogens is 355 g/mol. The van der Waals surface area contributed by atoms with Gasteiger partial charge in [0.15, 0.2) is 17.5 Å². The molecule has 1 atom stereocenters. The van der Waals surface area contributed by atoms with Crippen molar-refractivity contribution in [1.29, 1.82) is 0 Å². The minimum absolute atomic E-state index is 0.0660. The van der Waals surface area contributed by atoms with Crippen molar-refractivity contribution in [3.8, 4) is 0 Å². The lowest BCUT2D eigenvalue weighted by atomic mass is 9.94. The van der Waals surface area contributed by atoms with Crippen LogP contribution in [0.1, 0.15) is 55.6 Å². The zero-order valence-corrected chi connectivity index (χ0v) is 16.0. The second-order valence-corrected chi connectivity index (χ2v) is 7.42. The van der Waals surface area contributed by atoms with E-state index in [1.807, 2.05) is 13.8 Å². The first-order chi connectivity index (χ1) is 12.8. The number of likely N-dealkylation sites (tertiary alicyclic amines) is 1. The number of piperidine rings is 1. The van der Waals surface area contributed by atoms with Gasteiger partial charge in [0.1, 0.15) is 11.6 Å². The molecule has 0 radical (unpaired) electrons. The third-order valence-corrected chi connectivity index (χ3v) is 4.83. The number of pyridine rings is 1. The summed E-state index contributed by atoms with van der Waals surface area (Å²) in [5.74, 6) is -2.69. The highest BCUT2D eigenvalue weighted by molar-refractivity contribution is 5.54. The first-order valence-corrected chi connectivity index (χ1v) is 9.11. The molecule has 2 aromatic heterocycles. The Labute approximate surface area is 157 Å². The molecular formula is C19H24F3N5. The number of halogens is 3. The lowest BCUT2D eigenvalue weighted by Crippen LogP contribution is -2.31. The minimum atomic E-state index is -1.34. The molecule has 0 aliphatic carbocycles. The smallest absolute Gasteiger partial charge is 0.251 e. The van der Waals surface area contributed by atoms with Crippen LogP contribution in [0.3, 0.4) is 0 Å². The molecule has 0 amide bonds. The summed E-state index contributed by atoms with van der Waals surface area (Å²) < 4.78 is 41.4. The molecule has 0 bridgehead atoms. The van der Waals surface area contributed by atoms with E-state index in [-0.39, 0.29) is 17.7 Å². The number of likely N-dealkylation sites (N-methyl/N-ethyl adjacent to an activating group) is 1. The van der Waals surface area contributed by atoms with Gasteiger partial charge in [-0.3, -0.25) is 0 Å². The van der Waals surface area contributed by atoms with Gasteiger partial charge >= 0.3 is 0 Å². The van der Waals surface area contributed by atoms with Crippen molar-refractivity contribution in [3.63, 3.8) is 0 Å². The molecule has 0 saturated carbocycles. The SMILES string of the molecule is Cc1c(F)c(F)nc(Nc2cc(C3CCCN(C)C3)nc(C(C)C)n2)c1F. The van der Waals surface area contributed by atoms with E-state index in [0.717, 1.165) is 31.6 Å². The van der Waals surface area contributed by atoms with Crippen molar-refractivity contribution in [2.45, 2.75) is 45.4 Å². The molecule has 1 fully saturated rings. The molecule has 3 heterocycles. The van der Waals surface area contributed by atoms with E-state index >= 15 is 0 Å².